The maximum absolute atomic E-state index is 13.0. The summed E-state index contributed by atoms with van der Waals surface area (Å²) in [6.07, 6.45) is 1.12. The van der Waals surface area contributed by atoms with Gasteiger partial charge in [-0.2, -0.15) is 0 Å². The third-order valence-corrected chi connectivity index (χ3v) is 12.5. The molecule has 0 aromatic carbocycles. The van der Waals surface area contributed by atoms with Crippen molar-refractivity contribution < 1.29 is 89.4 Å². The average molecular weight is 952 g/mol. The van der Waals surface area contributed by atoms with Crippen LogP contribution < -0.4 is 5.32 Å². The molecule has 386 valence electrons. The van der Waals surface area contributed by atoms with E-state index in [-0.39, 0.29) is 18.9 Å². The minimum Gasteiger partial charge on any atom is -0.394 e. The Morgan fingerprint density at radius 1 is 0.530 bits per heavy atom. The Balaban J connectivity index is 1.55. The van der Waals surface area contributed by atoms with Gasteiger partial charge in [0, 0.05) is 6.42 Å². The van der Waals surface area contributed by atoms with Crippen LogP contribution in [0.4, 0.5) is 0 Å². The fourth-order valence-electron chi connectivity index (χ4n) is 8.32. The molecule has 0 aliphatic carbocycles. The summed E-state index contributed by atoms with van der Waals surface area (Å²) in [6.45, 7) is 1.55. The van der Waals surface area contributed by atoms with E-state index in [1.165, 1.54) is 57.8 Å². The Kier molecular flexibility index (Phi) is 29.3. The Morgan fingerprint density at radius 3 is 1.52 bits per heavy atom. The molecule has 0 aromatic rings. The molecule has 0 saturated carbocycles. The molecule has 0 spiro atoms. The number of hydrogen-bond donors (Lipinski definition) is 12. The van der Waals surface area contributed by atoms with Gasteiger partial charge >= 0.3 is 0 Å². The summed E-state index contributed by atoms with van der Waals surface area (Å²) < 4.78 is 33.9. The number of allylic oxidation sites excluding steroid dienone is 3. The lowest BCUT2D eigenvalue weighted by atomic mass is 9.96. The molecule has 12 N–H and O–H groups in total. The molecule has 0 aromatic heterocycles. The second-order valence-corrected chi connectivity index (χ2v) is 17.9. The Morgan fingerprint density at radius 2 is 0.970 bits per heavy atom. The van der Waals surface area contributed by atoms with E-state index in [1.54, 1.807) is 6.08 Å². The fraction of sp³-hybridized carbons (Fsp3) is 0.894. The number of unbranched alkanes of at least 4 members (excludes halogenated alkanes) is 15. The standard InChI is InChI=1S/C47H85NO18/c1-3-5-7-9-10-11-12-13-14-15-16-17-18-19-21-22-24-31(52)30(48-35(53)25-23-20-8-6-4-2)29-61-45-41(59)38(56)43(33(27-50)63-45)66-47-42(60)39(57)44(34(28-51)64-47)65-46-40(58)37(55)36(54)32(26-49)62-46/h17-18,22,24,30-34,36-47,49-52,54-60H,3-16,19-21,23,25-29H2,1-2H3,(H,48,53)/b18-17+,24-22+. The molecule has 3 aliphatic heterocycles. The van der Waals surface area contributed by atoms with E-state index in [4.69, 9.17) is 28.4 Å². The summed E-state index contributed by atoms with van der Waals surface area (Å²) in [6, 6.07) is -0.980. The molecular weight excluding hydrogens is 867 g/mol. The van der Waals surface area contributed by atoms with Gasteiger partial charge in [0.15, 0.2) is 18.9 Å². The number of nitrogens with one attached hydrogen (secondary N) is 1. The van der Waals surface area contributed by atoms with E-state index in [0.29, 0.717) is 12.8 Å². The van der Waals surface area contributed by atoms with Crippen molar-refractivity contribution in [2.45, 2.75) is 240 Å². The molecule has 3 fully saturated rings. The minimum absolute atomic E-state index is 0.231. The second-order valence-electron chi connectivity index (χ2n) is 17.9. The number of amides is 1. The SMILES string of the molecule is CCCCCCCCCCCC/C=C/CC/C=C/C(O)C(COC1OC(CO)C(OC2OC(CO)C(OC3OC(CO)C(O)C(O)C3O)C(O)C2O)C(O)C1O)NC(=O)CCCCCCC. The molecule has 17 unspecified atom stereocenters. The fourth-order valence-corrected chi connectivity index (χ4v) is 8.32. The monoisotopic (exact) mass is 952 g/mol. The molecule has 19 nitrogen and oxygen atoms in total. The van der Waals surface area contributed by atoms with Gasteiger partial charge in [-0.3, -0.25) is 4.79 Å². The first-order chi connectivity index (χ1) is 31.8. The first kappa shape index (κ1) is 58.6. The smallest absolute Gasteiger partial charge is 0.220 e. The van der Waals surface area contributed by atoms with E-state index in [2.05, 4.69) is 31.3 Å². The first-order valence-electron chi connectivity index (χ1n) is 24.6. The van der Waals surface area contributed by atoms with Gasteiger partial charge in [0.2, 0.25) is 5.91 Å². The van der Waals surface area contributed by atoms with Crippen LogP contribution in [0.25, 0.3) is 0 Å². The Labute approximate surface area is 390 Å². The summed E-state index contributed by atoms with van der Waals surface area (Å²) >= 11 is 0. The highest BCUT2D eigenvalue weighted by atomic mass is 16.8. The maximum Gasteiger partial charge on any atom is 0.220 e. The quantitative estimate of drug-likeness (QED) is 0.0321. The van der Waals surface area contributed by atoms with Crippen molar-refractivity contribution in [2.24, 2.45) is 0 Å². The van der Waals surface area contributed by atoms with Crippen molar-refractivity contribution in [1.29, 1.82) is 0 Å². The van der Waals surface area contributed by atoms with Crippen LogP contribution in [0.3, 0.4) is 0 Å². The van der Waals surface area contributed by atoms with E-state index >= 15 is 0 Å². The average Bonchev–Trinajstić information content (AvgIpc) is 3.31. The molecule has 0 bridgehead atoms. The predicted octanol–water partition coefficient (Wildman–Crippen LogP) is 0.861. The van der Waals surface area contributed by atoms with Crippen LogP contribution in [0.1, 0.15) is 136 Å². The predicted molar refractivity (Wildman–Crippen MR) is 240 cm³/mol. The molecule has 3 rings (SSSR count). The van der Waals surface area contributed by atoms with Crippen molar-refractivity contribution in [3.05, 3.63) is 24.3 Å². The van der Waals surface area contributed by atoms with E-state index in [1.807, 2.05) is 6.08 Å². The van der Waals surface area contributed by atoms with Crippen LogP contribution in [0.15, 0.2) is 24.3 Å². The second kappa shape index (κ2) is 33.0. The highest BCUT2D eigenvalue weighted by Crippen LogP contribution is 2.33. The number of carbonyl (C=O) groups excluding carboxylic acids is 1. The summed E-state index contributed by atoms with van der Waals surface area (Å²) in [5, 5.41) is 119. The molecule has 19 heteroatoms. The number of carbonyl (C=O) groups is 1. The zero-order chi connectivity index (χ0) is 48.4. The van der Waals surface area contributed by atoms with Gasteiger partial charge in [-0.25, -0.2) is 0 Å². The van der Waals surface area contributed by atoms with Gasteiger partial charge in [0.05, 0.1) is 38.6 Å². The van der Waals surface area contributed by atoms with E-state index in [0.717, 1.165) is 44.9 Å². The molecule has 3 aliphatic rings. The van der Waals surface area contributed by atoms with Crippen molar-refractivity contribution in [1.82, 2.24) is 5.32 Å². The van der Waals surface area contributed by atoms with Gasteiger partial charge in [-0.1, -0.05) is 122 Å². The Hall–Kier alpha value is -1.73. The van der Waals surface area contributed by atoms with Crippen LogP contribution >= 0.6 is 0 Å². The summed E-state index contributed by atoms with van der Waals surface area (Å²) in [5.74, 6) is -0.301. The van der Waals surface area contributed by atoms with Crippen LogP contribution in [0, 0.1) is 0 Å². The van der Waals surface area contributed by atoms with E-state index < -0.39 is 124 Å². The molecule has 1 amide bonds. The third-order valence-electron chi connectivity index (χ3n) is 12.5. The van der Waals surface area contributed by atoms with Crippen LogP contribution in [0.5, 0.6) is 0 Å². The zero-order valence-electron chi connectivity index (χ0n) is 39.2. The number of hydrogen-bond acceptors (Lipinski definition) is 18. The topological polar surface area (TPSA) is 307 Å². The number of aliphatic hydroxyl groups is 11. The molecule has 3 heterocycles. The third kappa shape index (κ3) is 19.2. The van der Waals surface area contributed by atoms with E-state index in [9.17, 15) is 61.0 Å². The lowest BCUT2D eigenvalue weighted by Gasteiger charge is -2.48. The summed E-state index contributed by atoms with van der Waals surface area (Å²) in [5.41, 5.74) is 0. The van der Waals surface area contributed by atoms with Gasteiger partial charge in [-0.15, -0.1) is 0 Å². The Bertz CT molecular complexity index is 1330. The molecule has 0 radical (unpaired) electrons. The number of rotatable bonds is 33. The zero-order valence-corrected chi connectivity index (χ0v) is 39.2. The maximum atomic E-state index is 13.0. The first-order valence-corrected chi connectivity index (χ1v) is 24.6. The normalized spacial score (nSPS) is 34.0. The van der Waals surface area contributed by atoms with Crippen molar-refractivity contribution >= 4 is 5.91 Å². The molecule has 66 heavy (non-hydrogen) atoms. The van der Waals surface area contributed by atoms with Gasteiger partial charge in [0.25, 0.3) is 0 Å². The molecule has 3 saturated heterocycles. The number of aliphatic hydroxyl groups excluding tert-OH is 11. The summed E-state index contributed by atoms with van der Waals surface area (Å²) in [7, 11) is 0. The molecular formula is C47H85NO18. The van der Waals surface area contributed by atoms with Crippen LogP contribution in [0.2, 0.25) is 0 Å². The van der Waals surface area contributed by atoms with Gasteiger partial charge in [0.1, 0.15) is 73.2 Å². The number of ether oxygens (including phenoxy) is 6. The van der Waals surface area contributed by atoms with Crippen LogP contribution in [-0.4, -0.2) is 193 Å². The van der Waals surface area contributed by atoms with Crippen molar-refractivity contribution in [3.8, 4) is 0 Å². The van der Waals surface area contributed by atoms with Gasteiger partial charge < -0.3 is 89.9 Å². The highest BCUT2D eigenvalue weighted by Gasteiger charge is 2.53. The highest BCUT2D eigenvalue weighted by molar-refractivity contribution is 5.76. The molecule has 17 atom stereocenters. The van der Waals surface area contributed by atoms with Gasteiger partial charge in [-0.05, 0) is 32.1 Å². The summed E-state index contributed by atoms with van der Waals surface area (Å²) in [4.78, 5) is 13.0. The van der Waals surface area contributed by atoms with Crippen LogP contribution in [-0.2, 0) is 33.2 Å². The lowest BCUT2D eigenvalue weighted by molar-refractivity contribution is -0.379. The van der Waals surface area contributed by atoms with Crippen molar-refractivity contribution in [3.63, 3.8) is 0 Å². The largest absolute Gasteiger partial charge is 0.394 e. The minimum atomic E-state index is -1.98. The lowest BCUT2D eigenvalue weighted by Crippen LogP contribution is -2.66. The van der Waals surface area contributed by atoms with Crippen molar-refractivity contribution in [2.75, 3.05) is 26.4 Å².